The molecule has 1 heterocycles. The van der Waals surface area contributed by atoms with E-state index in [1.807, 2.05) is 18.2 Å². The number of nitrogens with zero attached hydrogens (tertiary/aromatic N) is 1. The molecule has 2 heteroatoms. The number of benzene rings is 1. The monoisotopic (exact) mass is 187 g/mol. The predicted molar refractivity (Wildman–Crippen MR) is 55.1 cm³/mol. The highest BCUT2D eigenvalue weighted by atomic mass is 16.3. The molecule has 2 nitrogen and oxygen atoms in total. The first-order chi connectivity index (χ1) is 6.71. The fourth-order valence-corrected chi connectivity index (χ4v) is 1.52. The van der Waals surface area contributed by atoms with Gasteiger partial charge in [-0.1, -0.05) is 30.3 Å². The molecule has 2 rings (SSSR count). The normalized spacial score (nSPS) is 11.6. The summed E-state index contributed by atoms with van der Waals surface area (Å²) in [5.41, 5.74) is 1.12. The molecule has 0 saturated carbocycles. The zero-order valence-corrected chi connectivity index (χ0v) is 8.40. The SMILES string of the molecule is CC(C)(c1ccccc1)c1cnco1. The summed E-state index contributed by atoms with van der Waals surface area (Å²) >= 11 is 0. The molecule has 0 bridgehead atoms. The van der Waals surface area contributed by atoms with Crippen molar-refractivity contribution in [3.63, 3.8) is 0 Å². The van der Waals surface area contributed by atoms with Gasteiger partial charge in [0.2, 0.25) is 0 Å². The molecule has 72 valence electrons. The minimum atomic E-state index is -0.113. The Kier molecular flexibility index (Phi) is 2.12. The minimum absolute atomic E-state index is 0.113. The maximum atomic E-state index is 5.34. The van der Waals surface area contributed by atoms with Crippen molar-refractivity contribution in [3.8, 4) is 0 Å². The van der Waals surface area contributed by atoms with Gasteiger partial charge in [0.15, 0.2) is 6.39 Å². The van der Waals surface area contributed by atoms with E-state index < -0.39 is 0 Å². The summed E-state index contributed by atoms with van der Waals surface area (Å²) < 4.78 is 5.34. The molecule has 0 spiro atoms. The topological polar surface area (TPSA) is 26.0 Å². The third kappa shape index (κ3) is 1.43. The van der Waals surface area contributed by atoms with Crippen molar-refractivity contribution in [2.45, 2.75) is 19.3 Å². The summed E-state index contributed by atoms with van der Waals surface area (Å²) in [5, 5.41) is 0. The van der Waals surface area contributed by atoms with E-state index in [-0.39, 0.29) is 5.41 Å². The first kappa shape index (κ1) is 9.00. The van der Waals surface area contributed by atoms with Crippen molar-refractivity contribution < 1.29 is 4.42 Å². The molecule has 1 aromatic heterocycles. The van der Waals surface area contributed by atoms with Gasteiger partial charge in [-0.05, 0) is 19.4 Å². The molecule has 0 fully saturated rings. The molecule has 0 unspecified atom stereocenters. The molecule has 0 aliphatic rings. The van der Waals surface area contributed by atoms with Gasteiger partial charge in [-0.15, -0.1) is 0 Å². The maximum Gasteiger partial charge on any atom is 0.180 e. The summed E-state index contributed by atoms with van der Waals surface area (Å²) in [7, 11) is 0. The Labute approximate surface area is 83.6 Å². The van der Waals surface area contributed by atoms with Gasteiger partial charge in [-0.25, -0.2) is 4.98 Å². The molecule has 0 saturated heterocycles. The summed E-state index contributed by atoms with van der Waals surface area (Å²) in [6.45, 7) is 4.26. The molecule has 0 atom stereocenters. The van der Waals surface area contributed by atoms with Gasteiger partial charge in [0.1, 0.15) is 5.76 Å². The Hall–Kier alpha value is -1.57. The van der Waals surface area contributed by atoms with Crippen molar-refractivity contribution in [1.29, 1.82) is 0 Å². The summed E-state index contributed by atoms with van der Waals surface area (Å²) in [4.78, 5) is 3.95. The molecule has 0 aliphatic heterocycles. The second-order valence-electron chi connectivity index (χ2n) is 3.86. The predicted octanol–water partition coefficient (Wildman–Crippen LogP) is 3.00. The van der Waals surface area contributed by atoms with Gasteiger partial charge in [0, 0.05) is 5.41 Å². The van der Waals surface area contributed by atoms with Crippen LogP contribution in [-0.4, -0.2) is 4.98 Å². The maximum absolute atomic E-state index is 5.34. The van der Waals surface area contributed by atoms with Crippen LogP contribution in [0.15, 0.2) is 47.3 Å². The first-order valence-electron chi connectivity index (χ1n) is 4.66. The molecule has 14 heavy (non-hydrogen) atoms. The van der Waals surface area contributed by atoms with Crippen LogP contribution >= 0.6 is 0 Å². The van der Waals surface area contributed by atoms with Crippen LogP contribution in [0, 0.1) is 0 Å². The van der Waals surface area contributed by atoms with Crippen LogP contribution in [0.4, 0.5) is 0 Å². The molecular weight excluding hydrogens is 174 g/mol. The fraction of sp³-hybridized carbons (Fsp3) is 0.250. The van der Waals surface area contributed by atoms with E-state index in [9.17, 15) is 0 Å². The molecule has 0 amide bonds. The number of hydrogen-bond acceptors (Lipinski definition) is 2. The fourth-order valence-electron chi connectivity index (χ4n) is 1.52. The van der Waals surface area contributed by atoms with E-state index >= 15 is 0 Å². The highest BCUT2D eigenvalue weighted by Crippen LogP contribution is 2.30. The Morgan fingerprint density at radius 3 is 2.43 bits per heavy atom. The van der Waals surface area contributed by atoms with Gasteiger partial charge < -0.3 is 4.42 Å². The van der Waals surface area contributed by atoms with Crippen molar-refractivity contribution in [2.24, 2.45) is 0 Å². The van der Waals surface area contributed by atoms with Gasteiger partial charge in [0.05, 0.1) is 6.20 Å². The van der Waals surface area contributed by atoms with E-state index in [4.69, 9.17) is 4.42 Å². The summed E-state index contributed by atoms with van der Waals surface area (Å²) in [5.74, 6) is 0.892. The van der Waals surface area contributed by atoms with Crippen LogP contribution in [-0.2, 0) is 5.41 Å². The molecule has 0 aliphatic carbocycles. The third-order valence-corrected chi connectivity index (χ3v) is 2.54. The van der Waals surface area contributed by atoms with E-state index in [1.165, 1.54) is 12.0 Å². The van der Waals surface area contributed by atoms with Gasteiger partial charge in [0.25, 0.3) is 0 Å². The number of hydrogen-bond donors (Lipinski definition) is 0. The van der Waals surface area contributed by atoms with Crippen LogP contribution in [0.1, 0.15) is 25.2 Å². The van der Waals surface area contributed by atoms with Crippen molar-refractivity contribution >= 4 is 0 Å². The van der Waals surface area contributed by atoms with E-state index in [0.717, 1.165) is 5.76 Å². The molecule has 2 aromatic rings. The number of oxazole rings is 1. The zero-order chi connectivity index (χ0) is 10.0. The minimum Gasteiger partial charge on any atom is -0.448 e. The average Bonchev–Trinajstić information content (AvgIpc) is 2.72. The zero-order valence-electron chi connectivity index (χ0n) is 8.40. The third-order valence-electron chi connectivity index (χ3n) is 2.54. The van der Waals surface area contributed by atoms with E-state index in [1.54, 1.807) is 6.20 Å². The quantitative estimate of drug-likeness (QED) is 0.722. The first-order valence-corrected chi connectivity index (χ1v) is 4.66. The lowest BCUT2D eigenvalue weighted by Crippen LogP contribution is -2.17. The van der Waals surface area contributed by atoms with Gasteiger partial charge >= 0.3 is 0 Å². The Morgan fingerprint density at radius 2 is 1.86 bits per heavy atom. The van der Waals surface area contributed by atoms with Crippen LogP contribution in [0.25, 0.3) is 0 Å². The molecular formula is C12H13NO. The Bertz CT molecular complexity index is 390. The van der Waals surface area contributed by atoms with Crippen molar-refractivity contribution in [1.82, 2.24) is 4.98 Å². The lowest BCUT2D eigenvalue weighted by Gasteiger charge is -2.21. The number of rotatable bonds is 2. The largest absolute Gasteiger partial charge is 0.448 e. The highest BCUT2D eigenvalue weighted by molar-refractivity contribution is 5.31. The second-order valence-corrected chi connectivity index (χ2v) is 3.86. The summed E-state index contributed by atoms with van der Waals surface area (Å²) in [6, 6.07) is 10.3. The second kappa shape index (κ2) is 3.29. The van der Waals surface area contributed by atoms with E-state index in [2.05, 4.69) is 31.0 Å². The lowest BCUT2D eigenvalue weighted by atomic mass is 9.83. The summed E-state index contributed by atoms with van der Waals surface area (Å²) in [6.07, 6.45) is 3.24. The average molecular weight is 187 g/mol. The van der Waals surface area contributed by atoms with Crippen LogP contribution in [0.2, 0.25) is 0 Å². The van der Waals surface area contributed by atoms with Crippen molar-refractivity contribution in [3.05, 3.63) is 54.2 Å². The van der Waals surface area contributed by atoms with Gasteiger partial charge in [-0.2, -0.15) is 0 Å². The van der Waals surface area contributed by atoms with Crippen LogP contribution in [0.3, 0.4) is 0 Å². The standard InChI is InChI=1S/C12H13NO/c1-12(2,11-8-13-9-14-11)10-6-4-3-5-7-10/h3-9H,1-2H3. The number of aromatic nitrogens is 1. The van der Waals surface area contributed by atoms with Crippen LogP contribution < -0.4 is 0 Å². The molecule has 0 radical (unpaired) electrons. The Morgan fingerprint density at radius 1 is 1.14 bits per heavy atom. The highest BCUT2D eigenvalue weighted by Gasteiger charge is 2.25. The Balaban J connectivity index is 2.43. The van der Waals surface area contributed by atoms with Crippen molar-refractivity contribution in [2.75, 3.05) is 0 Å². The van der Waals surface area contributed by atoms with Crippen LogP contribution in [0.5, 0.6) is 0 Å². The van der Waals surface area contributed by atoms with Gasteiger partial charge in [-0.3, -0.25) is 0 Å². The lowest BCUT2D eigenvalue weighted by molar-refractivity contribution is 0.427. The molecule has 1 aromatic carbocycles. The van der Waals surface area contributed by atoms with E-state index in [0.29, 0.717) is 0 Å². The smallest absolute Gasteiger partial charge is 0.180 e. The molecule has 0 N–H and O–H groups in total.